The van der Waals surface area contributed by atoms with Gasteiger partial charge in [-0.05, 0) is 25.3 Å². The van der Waals surface area contributed by atoms with Crippen molar-refractivity contribution in [2.24, 2.45) is 7.05 Å². The van der Waals surface area contributed by atoms with Gasteiger partial charge in [0.05, 0.1) is 10.0 Å². The molecule has 0 saturated heterocycles. The fourth-order valence-corrected chi connectivity index (χ4v) is 4.44. The van der Waals surface area contributed by atoms with E-state index in [4.69, 9.17) is 39.9 Å². The summed E-state index contributed by atoms with van der Waals surface area (Å²) in [6, 6.07) is 3.31. The molecule has 0 spiro atoms. The Hall–Kier alpha value is -0.530. The topological polar surface area (TPSA) is 55.1 Å². The van der Waals surface area contributed by atoms with Crippen LogP contribution in [0.25, 0.3) is 11.3 Å². The maximum atomic E-state index is 11.0. The van der Waals surface area contributed by atoms with Gasteiger partial charge < -0.3 is 5.11 Å². The van der Waals surface area contributed by atoms with Crippen LogP contribution in [0.5, 0.6) is 0 Å². The third kappa shape index (κ3) is 3.94. The van der Waals surface area contributed by atoms with Gasteiger partial charge in [-0.2, -0.15) is 5.10 Å². The molecule has 0 radical (unpaired) electrons. The zero-order chi connectivity index (χ0) is 17.3. The first-order valence-corrected chi connectivity index (χ1v) is 9.65. The van der Waals surface area contributed by atoms with Crippen LogP contribution < -0.4 is 0 Å². The molecule has 2 aromatic rings. The first-order valence-electron chi connectivity index (χ1n) is 6.41. The van der Waals surface area contributed by atoms with Gasteiger partial charge in [-0.25, -0.2) is 0 Å². The maximum Gasteiger partial charge on any atom is 0.316 e. The molecule has 1 unspecified atom stereocenters. The molecular formula is C14H13Cl3N2O2S2. The standard InChI is InChI=1S/C14H13Cl3N2O2S2/c1-6(14(20)21)23-10-4-7(8(15)5-9(10)16)12-11(17)13(22-3)19(2)18-12/h4-6H,1-3H3,(H,20,21). The number of hydrogen-bond acceptors (Lipinski definition) is 4. The van der Waals surface area contributed by atoms with Crippen molar-refractivity contribution in [3.63, 3.8) is 0 Å². The number of benzene rings is 1. The SMILES string of the molecule is CSc1c(Cl)c(-c2cc(SC(C)C(=O)O)c(Cl)cc2Cl)nn1C. The zero-order valence-corrected chi connectivity index (χ0v) is 16.3. The summed E-state index contributed by atoms with van der Waals surface area (Å²) < 4.78 is 1.68. The van der Waals surface area contributed by atoms with Crippen LogP contribution in [0.1, 0.15) is 6.92 Å². The van der Waals surface area contributed by atoms with Crippen LogP contribution in [0, 0.1) is 0 Å². The van der Waals surface area contributed by atoms with Crippen molar-refractivity contribution in [3.05, 3.63) is 27.2 Å². The zero-order valence-electron chi connectivity index (χ0n) is 12.4. The second kappa shape index (κ2) is 7.57. The smallest absolute Gasteiger partial charge is 0.316 e. The number of thioether (sulfide) groups is 2. The molecule has 2 rings (SSSR count). The number of halogens is 3. The van der Waals surface area contributed by atoms with Crippen LogP contribution in [-0.4, -0.2) is 32.4 Å². The van der Waals surface area contributed by atoms with E-state index in [1.807, 2.05) is 6.26 Å². The number of aliphatic carboxylic acids is 1. The van der Waals surface area contributed by atoms with Crippen molar-refractivity contribution in [1.82, 2.24) is 9.78 Å². The van der Waals surface area contributed by atoms with E-state index in [0.717, 1.165) is 16.8 Å². The monoisotopic (exact) mass is 410 g/mol. The van der Waals surface area contributed by atoms with E-state index in [1.54, 1.807) is 30.8 Å². The highest BCUT2D eigenvalue weighted by Gasteiger charge is 2.21. The van der Waals surface area contributed by atoms with E-state index >= 15 is 0 Å². The molecule has 1 atom stereocenters. The fourth-order valence-electron chi connectivity index (χ4n) is 1.92. The van der Waals surface area contributed by atoms with E-state index < -0.39 is 11.2 Å². The lowest BCUT2D eigenvalue weighted by Crippen LogP contribution is -2.11. The molecule has 0 fully saturated rings. The van der Waals surface area contributed by atoms with Crippen LogP contribution in [-0.2, 0) is 11.8 Å². The molecule has 4 nitrogen and oxygen atoms in total. The van der Waals surface area contributed by atoms with E-state index in [9.17, 15) is 4.79 Å². The molecule has 1 aromatic heterocycles. The Morgan fingerprint density at radius 2 is 1.96 bits per heavy atom. The van der Waals surface area contributed by atoms with Crippen LogP contribution in [0.3, 0.4) is 0 Å². The van der Waals surface area contributed by atoms with Gasteiger partial charge in [0.25, 0.3) is 0 Å². The van der Waals surface area contributed by atoms with Gasteiger partial charge in [-0.1, -0.05) is 34.8 Å². The molecular weight excluding hydrogens is 399 g/mol. The maximum absolute atomic E-state index is 11.0. The Labute approximate surface area is 157 Å². The molecule has 124 valence electrons. The van der Waals surface area contributed by atoms with Crippen LogP contribution in [0.15, 0.2) is 22.1 Å². The fraction of sp³-hybridized carbons (Fsp3) is 0.286. The Morgan fingerprint density at radius 1 is 1.30 bits per heavy atom. The van der Waals surface area contributed by atoms with Gasteiger partial charge in [0.15, 0.2) is 0 Å². The summed E-state index contributed by atoms with van der Waals surface area (Å²) in [6.07, 6.45) is 1.91. The quantitative estimate of drug-likeness (QED) is 0.673. The van der Waals surface area contributed by atoms with Gasteiger partial charge >= 0.3 is 5.97 Å². The van der Waals surface area contributed by atoms with Gasteiger partial charge in [0, 0.05) is 17.5 Å². The number of aromatic nitrogens is 2. The molecule has 1 N–H and O–H groups in total. The highest BCUT2D eigenvalue weighted by molar-refractivity contribution is 8.00. The molecule has 0 aliphatic heterocycles. The summed E-state index contributed by atoms with van der Waals surface area (Å²) in [5.41, 5.74) is 1.17. The normalized spacial score (nSPS) is 12.4. The van der Waals surface area contributed by atoms with E-state index in [-0.39, 0.29) is 0 Å². The Bertz CT molecular complexity index is 765. The van der Waals surface area contributed by atoms with Crippen LogP contribution in [0.2, 0.25) is 15.1 Å². The van der Waals surface area contributed by atoms with Gasteiger partial charge in [0.1, 0.15) is 21.0 Å². The third-order valence-corrected chi connectivity index (χ3v) is 6.27. The van der Waals surface area contributed by atoms with Crippen LogP contribution >= 0.6 is 58.3 Å². The van der Waals surface area contributed by atoms with E-state index in [2.05, 4.69) is 5.10 Å². The second-order valence-electron chi connectivity index (χ2n) is 4.66. The molecule has 0 aliphatic rings. The van der Waals surface area contributed by atoms with Crippen molar-refractivity contribution in [2.75, 3.05) is 6.26 Å². The lowest BCUT2D eigenvalue weighted by molar-refractivity contribution is -0.136. The molecule has 1 aromatic carbocycles. The molecule has 9 heteroatoms. The molecule has 23 heavy (non-hydrogen) atoms. The largest absolute Gasteiger partial charge is 0.480 e. The first-order chi connectivity index (χ1) is 10.8. The van der Waals surface area contributed by atoms with Crippen LogP contribution in [0.4, 0.5) is 0 Å². The lowest BCUT2D eigenvalue weighted by atomic mass is 10.1. The van der Waals surface area contributed by atoms with Crippen molar-refractivity contribution < 1.29 is 9.90 Å². The summed E-state index contributed by atoms with van der Waals surface area (Å²) in [6.45, 7) is 1.59. The predicted molar refractivity (Wildman–Crippen MR) is 98.4 cm³/mol. The summed E-state index contributed by atoms with van der Waals surface area (Å²) in [5, 5.41) is 15.0. The third-order valence-electron chi connectivity index (χ3n) is 3.06. The first kappa shape index (κ1) is 18.8. The molecule has 0 amide bonds. The predicted octanol–water partition coefficient (Wildman–Crippen LogP) is 5.33. The summed E-state index contributed by atoms with van der Waals surface area (Å²) in [4.78, 5) is 11.7. The number of hydrogen-bond donors (Lipinski definition) is 1. The van der Waals surface area contributed by atoms with Crippen molar-refractivity contribution in [3.8, 4) is 11.3 Å². The minimum Gasteiger partial charge on any atom is -0.480 e. The second-order valence-corrected chi connectivity index (χ2v) is 8.03. The molecule has 1 heterocycles. The van der Waals surface area contributed by atoms with Gasteiger partial charge in [-0.3, -0.25) is 9.48 Å². The summed E-state index contributed by atoms with van der Waals surface area (Å²) in [7, 11) is 1.80. The minimum absolute atomic E-state index is 0.397. The number of carboxylic acids is 1. The van der Waals surface area contributed by atoms with E-state index in [1.165, 1.54) is 11.8 Å². The Kier molecular flexibility index (Phi) is 6.19. The van der Waals surface area contributed by atoms with Gasteiger partial charge in [0.2, 0.25) is 0 Å². The Balaban J connectivity index is 2.53. The molecule has 0 saturated carbocycles. The van der Waals surface area contributed by atoms with Gasteiger partial charge in [-0.15, -0.1) is 23.5 Å². The lowest BCUT2D eigenvalue weighted by Gasteiger charge is -2.11. The number of carbonyl (C=O) groups is 1. The number of rotatable bonds is 5. The number of nitrogens with zero attached hydrogens (tertiary/aromatic N) is 2. The van der Waals surface area contributed by atoms with Crippen molar-refractivity contribution in [1.29, 1.82) is 0 Å². The highest BCUT2D eigenvalue weighted by atomic mass is 35.5. The molecule has 0 bridgehead atoms. The minimum atomic E-state index is -0.914. The van der Waals surface area contributed by atoms with E-state index in [0.29, 0.717) is 31.2 Å². The summed E-state index contributed by atoms with van der Waals surface area (Å²) in [5.74, 6) is -0.914. The summed E-state index contributed by atoms with van der Waals surface area (Å²) >= 11 is 21.5. The highest BCUT2D eigenvalue weighted by Crippen LogP contribution is 2.42. The van der Waals surface area contributed by atoms with Crippen molar-refractivity contribution >= 4 is 64.3 Å². The van der Waals surface area contributed by atoms with Crippen molar-refractivity contribution in [2.45, 2.75) is 22.1 Å². The number of carboxylic acid groups (broad SMARTS) is 1. The average molecular weight is 412 g/mol. The molecule has 0 aliphatic carbocycles. The number of aryl methyl sites for hydroxylation is 1. The average Bonchev–Trinajstić information content (AvgIpc) is 2.75. The Morgan fingerprint density at radius 3 is 2.48 bits per heavy atom.